The van der Waals surface area contributed by atoms with Crippen LogP contribution in [-0.4, -0.2) is 30.1 Å². The molecule has 2 unspecified atom stereocenters. The third-order valence-corrected chi connectivity index (χ3v) is 2.97. The number of carboxylic acid groups (broad SMARTS) is 1. The summed E-state index contributed by atoms with van der Waals surface area (Å²) in [6.45, 7) is 0.498. The number of halogens is 2. The molecular formula is C7H9F2NO2. The van der Waals surface area contributed by atoms with E-state index in [1.807, 2.05) is 0 Å². The molecule has 2 atom stereocenters. The van der Waals surface area contributed by atoms with Crippen molar-refractivity contribution in [2.75, 3.05) is 13.1 Å². The Labute approximate surface area is 67.8 Å². The summed E-state index contributed by atoms with van der Waals surface area (Å²) in [5.74, 6) is -5.34. The lowest BCUT2D eigenvalue weighted by molar-refractivity contribution is -0.148. The standard InChI is InChI=1S/C7H9F2NO2/c8-7(9)4-3-10-2-1-6(4,7)5(11)12/h4,10H,1-3H2,(H,11,12). The summed E-state index contributed by atoms with van der Waals surface area (Å²) in [4.78, 5) is 10.6. The molecule has 2 N–H and O–H groups in total. The first-order valence-corrected chi connectivity index (χ1v) is 3.85. The Kier molecular flexibility index (Phi) is 1.29. The van der Waals surface area contributed by atoms with Crippen molar-refractivity contribution in [3.05, 3.63) is 0 Å². The van der Waals surface area contributed by atoms with Crippen molar-refractivity contribution in [3.63, 3.8) is 0 Å². The number of hydrogen-bond acceptors (Lipinski definition) is 2. The van der Waals surface area contributed by atoms with Crippen LogP contribution in [0.15, 0.2) is 0 Å². The predicted molar refractivity (Wildman–Crippen MR) is 36.0 cm³/mol. The van der Waals surface area contributed by atoms with E-state index in [-0.39, 0.29) is 13.0 Å². The molecule has 1 saturated carbocycles. The molecule has 68 valence electrons. The maximum Gasteiger partial charge on any atom is 0.316 e. The van der Waals surface area contributed by atoms with E-state index in [4.69, 9.17) is 5.11 Å². The van der Waals surface area contributed by atoms with Gasteiger partial charge < -0.3 is 10.4 Å². The molecule has 1 saturated heterocycles. The second-order valence-corrected chi connectivity index (χ2v) is 3.41. The van der Waals surface area contributed by atoms with Crippen LogP contribution >= 0.6 is 0 Å². The van der Waals surface area contributed by atoms with Gasteiger partial charge in [-0.2, -0.15) is 0 Å². The van der Waals surface area contributed by atoms with E-state index in [1.165, 1.54) is 0 Å². The van der Waals surface area contributed by atoms with E-state index < -0.39 is 23.2 Å². The maximum atomic E-state index is 13.0. The Morgan fingerprint density at radius 1 is 1.58 bits per heavy atom. The molecule has 1 heterocycles. The normalized spacial score (nSPS) is 43.3. The number of aliphatic carboxylic acids is 1. The van der Waals surface area contributed by atoms with Crippen LogP contribution in [0.2, 0.25) is 0 Å². The van der Waals surface area contributed by atoms with Crippen LogP contribution in [-0.2, 0) is 4.79 Å². The molecule has 3 nitrogen and oxygen atoms in total. The van der Waals surface area contributed by atoms with Gasteiger partial charge in [-0.3, -0.25) is 4.79 Å². The van der Waals surface area contributed by atoms with Crippen molar-refractivity contribution in [1.82, 2.24) is 5.32 Å². The summed E-state index contributed by atoms with van der Waals surface area (Å²) < 4.78 is 26.0. The average Bonchev–Trinajstić information content (AvgIpc) is 2.52. The van der Waals surface area contributed by atoms with E-state index in [2.05, 4.69) is 5.32 Å². The first-order chi connectivity index (χ1) is 5.53. The van der Waals surface area contributed by atoms with Crippen molar-refractivity contribution in [1.29, 1.82) is 0 Å². The molecule has 2 rings (SSSR count). The smallest absolute Gasteiger partial charge is 0.316 e. The summed E-state index contributed by atoms with van der Waals surface area (Å²) in [7, 11) is 0. The van der Waals surface area contributed by atoms with Gasteiger partial charge in [0.15, 0.2) is 0 Å². The Hall–Kier alpha value is -0.710. The fraction of sp³-hybridized carbons (Fsp3) is 0.857. The monoisotopic (exact) mass is 177 g/mol. The summed E-state index contributed by atoms with van der Waals surface area (Å²) >= 11 is 0. The van der Waals surface area contributed by atoms with Gasteiger partial charge in [0.05, 0.1) is 5.92 Å². The third kappa shape index (κ3) is 0.612. The van der Waals surface area contributed by atoms with E-state index in [0.29, 0.717) is 6.54 Å². The molecule has 0 aromatic heterocycles. The predicted octanol–water partition coefficient (Wildman–Crippen LogP) is 0.316. The highest BCUT2D eigenvalue weighted by Gasteiger charge is 2.84. The van der Waals surface area contributed by atoms with Gasteiger partial charge in [-0.25, -0.2) is 8.78 Å². The number of fused-ring (bicyclic) bond motifs is 1. The van der Waals surface area contributed by atoms with Gasteiger partial charge in [-0.05, 0) is 13.0 Å². The summed E-state index contributed by atoms with van der Waals surface area (Å²) in [5, 5.41) is 11.4. The van der Waals surface area contributed by atoms with Crippen molar-refractivity contribution < 1.29 is 18.7 Å². The minimum Gasteiger partial charge on any atom is -0.481 e. The van der Waals surface area contributed by atoms with Gasteiger partial charge in [0.2, 0.25) is 0 Å². The van der Waals surface area contributed by atoms with Crippen LogP contribution in [0.5, 0.6) is 0 Å². The minimum absolute atomic E-state index is 0.0417. The van der Waals surface area contributed by atoms with Gasteiger partial charge in [0.1, 0.15) is 5.41 Å². The molecule has 0 aromatic rings. The minimum atomic E-state index is -3.00. The molecule has 12 heavy (non-hydrogen) atoms. The molecule has 0 bridgehead atoms. The fourth-order valence-electron chi connectivity index (χ4n) is 2.11. The van der Waals surface area contributed by atoms with E-state index >= 15 is 0 Å². The highest BCUT2D eigenvalue weighted by molar-refractivity contribution is 5.81. The number of rotatable bonds is 1. The quantitative estimate of drug-likeness (QED) is 0.606. The molecule has 0 radical (unpaired) electrons. The molecular weight excluding hydrogens is 168 g/mol. The lowest BCUT2D eigenvalue weighted by atomic mass is 9.96. The second kappa shape index (κ2) is 1.96. The molecule has 1 aliphatic carbocycles. The zero-order valence-corrected chi connectivity index (χ0v) is 6.31. The third-order valence-electron chi connectivity index (χ3n) is 2.97. The lowest BCUT2D eigenvalue weighted by Gasteiger charge is -2.15. The molecule has 0 aromatic carbocycles. The Morgan fingerprint density at radius 2 is 2.25 bits per heavy atom. The van der Waals surface area contributed by atoms with Gasteiger partial charge >= 0.3 is 5.97 Å². The van der Waals surface area contributed by atoms with Crippen LogP contribution in [0, 0.1) is 11.3 Å². The maximum absolute atomic E-state index is 13.0. The van der Waals surface area contributed by atoms with Gasteiger partial charge in [0.25, 0.3) is 5.92 Å². The van der Waals surface area contributed by atoms with Crippen molar-refractivity contribution in [3.8, 4) is 0 Å². The lowest BCUT2D eigenvalue weighted by Crippen LogP contribution is -2.34. The number of piperidine rings is 1. The molecule has 0 spiro atoms. The number of nitrogens with one attached hydrogen (secondary N) is 1. The molecule has 2 fully saturated rings. The van der Waals surface area contributed by atoms with E-state index in [1.54, 1.807) is 0 Å². The van der Waals surface area contributed by atoms with Crippen LogP contribution in [0.25, 0.3) is 0 Å². The zero-order chi connectivity index (χ0) is 8.98. The van der Waals surface area contributed by atoms with E-state index in [0.717, 1.165) is 0 Å². The largest absolute Gasteiger partial charge is 0.481 e. The number of carbonyl (C=O) groups is 1. The van der Waals surface area contributed by atoms with Crippen molar-refractivity contribution >= 4 is 5.97 Å². The number of alkyl halides is 2. The van der Waals surface area contributed by atoms with E-state index in [9.17, 15) is 13.6 Å². The first-order valence-electron chi connectivity index (χ1n) is 3.85. The van der Waals surface area contributed by atoms with Crippen LogP contribution in [0.1, 0.15) is 6.42 Å². The highest BCUT2D eigenvalue weighted by Crippen LogP contribution is 2.68. The van der Waals surface area contributed by atoms with Crippen LogP contribution in [0.3, 0.4) is 0 Å². The SMILES string of the molecule is O=C(O)C12CCNCC1C2(F)F. The Morgan fingerprint density at radius 3 is 2.67 bits per heavy atom. The second-order valence-electron chi connectivity index (χ2n) is 3.41. The Bertz CT molecular complexity index is 244. The number of carboxylic acids is 1. The fourth-order valence-corrected chi connectivity index (χ4v) is 2.11. The average molecular weight is 177 g/mol. The molecule has 0 amide bonds. The zero-order valence-electron chi connectivity index (χ0n) is 6.31. The summed E-state index contributed by atoms with van der Waals surface area (Å²) in [6.07, 6.45) is 0.0417. The topological polar surface area (TPSA) is 49.3 Å². The highest BCUT2D eigenvalue weighted by atomic mass is 19.3. The Balaban J connectivity index is 2.30. The van der Waals surface area contributed by atoms with Crippen molar-refractivity contribution in [2.24, 2.45) is 11.3 Å². The molecule has 1 aliphatic heterocycles. The summed E-state index contributed by atoms with van der Waals surface area (Å²) in [5.41, 5.74) is -1.74. The van der Waals surface area contributed by atoms with Crippen molar-refractivity contribution in [2.45, 2.75) is 12.3 Å². The van der Waals surface area contributed by atoms with Gasteiger partial charge in [-0.1, -0.05) is 0 Å². The summed E-state index contributed by atoms with van der Waals surface area (Å²) in [6, 6.07) is 0. The van der Waals surface area contributed by atoms with Gasteiger partial charge in [-0.15, -0.1) is 0 Å². The number of hydrogen-bond donors (Lipinski definition) is 2. The van der Waals surface area contributed by atoms with Gasteiger partial charge in [0, 0.05) is 6.54 Å². The first kappa shape index (κ1) is 7.91. The van der Waals surface area contributed by atoms with Crippen LogP contribution < -0.4 is 5.32 Å². The van der Waals surface area contributed by atoms with Crippen LogP contribution in [0.4, 0.5) is 8.78 Å². The molecule has 2 aliphatic rings. The molecule has 5 heteroatoms.